The maximum Gasteiger partial charge on any atom is 0.268 e. The standard InChI is InChI=1S/C9H14N2O3/c1-5(4-6(2)12)10-8-7(3)14-11-9(8)13/h4,7-8,10H,1-3H3,(H,11,13)/b5-4+. The topological polar surface area (TPSA) is 67.4 Å². The number of hydroxylamine groups is 1. The van der Waals surface area contributed by atoms with Crippen molar-refractivity contribution >= 4 is 11.7 Å². The first-order valence-electron chi connectivity index (χ1n) is 4.41. The van der Waals surface area contributed by atoms with Crippen LogP contribution in [0.3, 0.4) is 0 Å². The van der Waals surface area contributed by atoms with E-state index in [-0.39, 0.29) is 17.8 Å². The number of ketones is 1. The van der Waals surface area contributed by atoms with E-state index in [9.17, 15) is 9.59 Å². The first kappa shape index (κ1) is 10.7. The van der Waals surface area contributed by atoms with Crippen molar-refractivity contribution < 1.29 is 14.4 Å². The normalized spacial score (nSPS) is 27.4. The third-order valence-electron chi connectivity index (χ3n) is 1.90. The molecule has 14 heavy (non-hydrogen) atoms. The van der Waals surface area contributed by atoms with Crippen molar-refractivity contribution in [3.8, 4) is 0 Å². The van der Waals surface area contributed by atoms with E-state index in [1.807, 2.05) is 0 Å². The molecule has 1 rings (SSSR count). The Morgan fingerprint density at radius 2 is 2.21 bits per heavy atom. The first-order valence-corrected chi connectivity index (χ1v) is 4.41. The van der Waals surface area contributed by atoms with E-state index >= 15 is 0 Å². The number of amides is 1. The molecule has 0 aromatic carbocycles. The second kappa shape index (κ2) is 4.23. The monoisotopic (exact) mass is 198 g/mol. The number of allylic oxidation sites excluding steroid dienone is 2. The maximum atomic E-state index is 11.2. The minimum Gasteiger partial charge on any atom is -0.375 e. The highest BCUT2D eigenvalue weighted by atomic mass is 16.7. The average molecular weight is 198 g/mol. The number of hydrogen-bond donors (Lipinski definition) is 2. The molecule has 1 amide bonds. The molecule has 1 heterocycles. The van der Waals surface area contributed by atoms with Gasteiger partial charge in [-0.15, -0.1) is 0 Å². The molecule has 0 radical (unpaired) electrons. The lowest BCUT2D eigenvalue weighted by molar-refractivity contribution is -0.125. The zero-order valence-electron chi connectivity index (χ0n) is 8.46. The molecule has 2 unspecified atom stereocenters. The fourth-order valence-corrected chi connectivity index (χ4v) is 1.27. The predicted molar refractivity (Wildman–Crippen MR) is 50.1 cm³/mol. The highest BCUT2D eigenvalue weighted by Crippen LogP contribution is 2.07. The van der Waals surface area contributed by atoms with Crippen LogP contribution in [0.2, 0.25) is 0 Å². The third-order valence-corrected chi connectivity index (χ3v) is 1.90. The number of carbonyl (C=O) groups excluding carboxylic acids is 2. The van der Waals surface area contributed by atoms with E-state index in [1.165, 1.54) is 13.0 Å². The zero-order valence-corrected chi connectivity index (χ0v) is 8.46. The molecule has 1 aliphatic heterocycles. The van der Waals surface area contributed by atoms with Crippen LogP contribution in [-0.2, 0) is 14.4 Å². The summed E-state index contributed by atoms with van der Waals surface area (Å²) in [7, 11) is 0. The van der Waals surface area contributed by atoms with Crippen molar-refractivity contribution in [2.75, 3.05) is 0 Å². The van der Waals surface area contributed by atoms with Crippen LogP contribution in [0, 0.1) is 0 Å². The second-order valence-corrected chi connectivity index (χ2v) is 3.35. The zero-order chi connectivity index (χ0) is 10.7. The van der Waals surface area contributed by atoms with E-state index in [2.05, 4.69) is 10.8 Å². The maximum absolute atomic E-state index is 11.2. The molecule has 0 spiro atoms. The van der Waals surface area contributed by atoms with Gasteiger partial charge in [-0.2, -0.15) is 0 Å². The molecule has 1 saturated heterocycles. The molecular weight excluding hydrogens is 184 g/mol. The smallest absolute Gasteiger partial charge is 0.268 e. The molecule has 78 valence electrons. The minimum absolute atomic E-state index is 0.0537. The summed E-state index contributed by atoms with van der Waals surface area (Å²) in [4.78, 5) is 26.8. The molecule has 5 heteroatoms. The van der Waals surface area contributed by atoms with Crippen molar-refractivity contribution in [1.82, 2.24) is 10.8 Å². The summed E-state index contributed by atoms with van der Waals surface area (Å²) in [6, 6.07) is -0.425. The number of carbonyl (C=O) groups is 2. The van der Waals surface area contributed by atoms with Gasteiger partial charge in [-0.1, -0.05) is 0 Å². The Morgan fingerprint density at radius 3 is 2.64 bits per heavy atom. The second-order valence-electron chi connectivity index (χ2n) is 3.35. The SMILES string of the molecule is CC(=O)/C=C(\C)NC1C(=O)NOC1C. The lowest BCUT2D eigenvalue weighted by Crippen LogP contribution is -2.40. The van der Waals surface area contributed by atoms with E-state index in [0.717, 1.165) is 0 Å². The van der Waals surface area contributed by atoms with Gasteiger partial charge in [0.2, 0.25) is 0 Å². The summed E-state index contributed by atoms with van der Waals surface area (Å²) in [6.07, 6.45) is 1.20. The molecular formula is C9H14N2O3. The lowest BCUT2D eigenvalue weighted by Gasteiger charge is -2.13. The van der Waals surface area contributed by atoms with E-state index in [4.69, 9.17) is 4.84 Å². The van der Waals surface area contributed by atoms with Crippen LogP contribution in [0.15, 0.2) is 11.8 Å². The Bertz CT molecular complexity index is 286. The minimum atomic E-state index is -0.425. The van der Waals surface area contributed by atoms with Gasteiger partial charge in [0.25, 0.3) is 5.91 Å². The fourth-order valence-electron chi connectivity index (χ4n) is 1.27. The van der Waals surface area contributed by atoms with Crippen molar-refractivity contribution in [3.05, 3.63) is 11.8 Å². The van der Waals surface area contributed by atoms with E-state index in [1.54, 1.807) is 13.8 Å². The Hall–Kier alpha value is -1.36. The molecule has 0 aromatic heterocycles. The number of rotatable bonds is 3. The van der Waals surface area contributed by atoms with Gasteiger partial charge in [0.1, 0.15) is 12.1 Å². The van der Waals surface area contributed by atoms with Gasteiger partial charge in [-0.3, -0.25) is 14.4 Å². The van der Waals surface area contributed by atoms with Gasteiger partial charge in [-0.25, -0.2) is 5.48 Å². The molecule has 5 nitrogen and oxygen atoms in total. The first-order chi connectivity index (χ1) is 6.50. The van der Waals surface area contributed by atoms with E-state index in [0.29, 0.717) is 5.70 Å². The molecule has 1 fully saturated rings. The highest BCUT2D eigenvalue weighted by molar-refractivity contribution is 5.88. The van der Waals surface area contributed by atoms with Crippen LogP contribution in [0.4, 0.5) is 0 Å². The molecule has 2 N–H and O–H groups in total. The van der Waals surface area contributed by atoms with Gasteiger partial charge in [0.05, 0.1) is 0 Å². The number of nitrogens with one attached hydrogen (secondary N) is 2. The third kappa shape index (κ3) is 2.56. The highest BCUT2D eigenvalue weighted by Gasteiger charge is 2.32. The summed E-state index contributed by atoms with van der Waals surface area (Å²) in [5.41, 5.74) is 2.93. The summed E-state index contributed by atoms with van der Waals surface area (Å²) in [5, 5.41) is 2.91. The van der Waals surface area contributed by atoms with Crippen LogP contribution in [0.5, 0.6) is 0 Å². The molecule has 0 aliphatic carbocycles. The molecule has 1 aliphatic rings. The Balaban J connectivity index is 2.59. The Kier molecular flexibility index (Phi) is 3.24. The van der Waals surface area contributed by atoms with Crippen molar-refractivity contribution in [3.63, 3.8) is 0 Å². The van der Waals surface area contributed by atoms with Crippen molar-refractivity contribution in [1.29, 1.82) is 0 Å². The largest absolute Gasteiger partial charge is 0.375 e. The lowest BCUT2D eigenvalue weighted by atomic mass is 10.2. The van der Waals surface area contributed by atoms with Gasteiger partial charge in [0, 0.05) is 5.70 Å². The van der Waals surface area contributed by atoms with Crippen LogP contribution >= 0.6 is 0 Å². The van der Waals surface area contributed by atoms with Crippen molar-refractivity contribution in [2.45, 2.75) is 32.9 Å². The Labute approximate surface area is 82.5 Å². The van der Waals surface area contributed by atoms with Gasteiger partial charge in [0.15, 0.2) is 5.78 Å². The quantitative estimate of drug-likeness (QED) is 0.621. The summed E-state index contributed by atoms with van der Waals surface area (Å²) in [5.74, 6) is -0.268. The average Bonchev–Trinajstić information content (AvgIpc) is 2.34. The predicted octanol–water partition coefficient (Wildman–Crippen LogP) is -0.113. The Morgan fingerprint density at radius 1 is 1.57 bits per heavy atom. The van der Waals surface area contributed by atoms with Gasteiger partial charge >= 0.3 is 0 Å². The molecule has 0 saturated carbocycles. The molecule has 0 aromatic rings. The summed E-state index contributed by atoms with van der Waals surface area (Å²) in [6.45, 7) is 4.97. The van der Waals surface area contributed by atoms with Gasteiger partial charge in [-0.05, 0) is 26.8 Å². The van der Waals surface area contributed by atoms with Crippen LogP contribution in [-0.4, -0.2) is 23.8 Å². The van der Waals surface area contributed by atoms with E-state index < -0.39 is 6.04 Å². The number of hydrogen-bond acceptors (Lipinski definition) is 4. The van der Waals surface area contributed by atoms with Crippen LogP contribution < -0.4 is 10.8 Å². The van der Waals surface area contributed by atoms with Crippen LogP contribution in [0.1, 0.15) is 20.8 Å². The van der Waals surface area contributed by atoms with Gasteiger partial charge < -0.3 is 5.32 Å². The summed E-state index contributed by atoms with van der Waals surface area (Å²) < 4.78 is 0. The molecule has 2 atom stereocenters. The van der Waals surface area contributed by atoms with Crippen molar-refractivity contribution in [2.24, 2.45) is 0 Å². The van der Waals surface area contributed by atoms with Crippen LogP contribution in [0.25, 0.3) is 0 Å². The molecule has 0 bridgehead atoms. The summed E-state index contributed by atoms with van der Waals surface area (Å²) >= 11 is 0. The fraction of sp³-hybridized carbons (Fsp3) is 0.556.